The number of nitrogens with one attached hydrogen (secondary N) is 1. The molecule has 0 bridgehead atoms. The Balaban J connectivity index is 1.58. The molecule has 1 N–H and O–H groups in total. The molecule has 1 aliphatic rings. The molecule has 1 aromatic heterocycles. The molecule has 4 aromatic rings. The molecule has 7 nitrogen and oxygen atoms in total. The second kappa shape index (κ2) is 17.3. The Bertz CT molecular complexity index is 1860. The van der Waals surface area contributed by atoms with Gasteiger partial charge in [0.15, 0.2) is 6.29 Å². The van der Waals surface area contributed by atoms with Crippen LogP contribution in [0.25, 0.3) is 16.5 Å². The van der Waals surface area contributed by atoms with Crippen molar-refractivity contribution < 1.29 is 22.1 Å². The predicted molar refractivity (Wildman–Crippen MR) is 202 cm³/mol. The predicted octanol–water partition coefficient (Wildman–Crippen LogP) is 8.21. The molecule has 11 heteroatoms. The highest BCUT2D eigenvalue weighted by molar-refractivity contribution is 8.16. The molecule has 0 spiro atoms. The summed E-state index contributed by atoms with van der Waals surface area (Å²) in [5.74, 6) is 2.13. The fourth-order valence-electron chi connectivity index (χ4n) is 5.55. The van der Waals surface area contributed by atoms with Gasteiger partial charge in [0.1, 0.15) is 0 Å². The highest BCUT2D eigenvalue weighted by Crippen LogP contribution is 2.49. The average Bonchev–Trinajstić information content (AvgIpc) is 3.41. The van der Waals surface area contributed by atoms with Gasteiger partial charge >= 0.3 is 0 Å². The minimum Gasteiger partial charge on any atom is -0.353 e. The summed E-state index contributed by atoms with van der Waals surface area (Å²) in [6.45, 7) is 9.15. The fourth-order valence-corrected chi connectivity index (χ4v) is 10.4. The zero-order valence-corrected chi connectivity index (χ0v) is 31.2. The van der Waals surface area contributed by atoms with Crippen LogP contribution >= 0.6 is 23.5 Å². The van der Waals surface area contributed by atoms with Gasteiger partial charge in [-0.1, -0.05) is 53.6 Å². The average molecular weight is 725 g/mol. The Hall–Kier alpha value is -2.64. The molecule has 1 unspecified atom stereocenters. The quantitative estimate of drug-likeness (QED) is 0.0977. The summed E-state index contributed by atoms with van der Waals surface area (Å²) >= 11 is 3.87. The minimum absolute atomic E-state index is 0.187. The molecule has 0 saturated carbocycles. The number of ether oxygens (including phenoxy) is 2. The highest BCUT2D eigenvalue weighted by Gasteiger charge is 2.28. The van der Waals surface area contributed by atoms with Crippen LogP contribution in [0.4, 0.5) is 0 Å². The van der Waals surface area contributed by atoms with Gasteiger partial charge in [0.2, 0.25) is 10.0 Å². The number of hydrogen-bond donors (Lipinski definition) is 1. The summed E-state index contributed by atoms with van der Waals surface area (Å²) < 4.78 is 56.8. The van der Waals surface area contributed by atoms with Crippen LogP contribution in [-0.4, -0.2) is 54.7 Å². The van der Waals surface area contributed by atoms with Crippen LogP contribution in [0.15, 0.2) is 100 Å². The summed E-state index contributed by atoms with van der Waals surface area (Å²) in [4.78, 5) is 0.964. The number of allylic oxidation sites excluding steroid dienone is 2. The summed E-state index contributed by atoms with van der Waals surface area (Å²) in [6.07, 6.45) is 4.71. The monoisotopic (exact) mass is 724 g/mol. The molecule has 2 atom stereocenters. The van der Waals surface area contributed by atoms with Crippen LogP contribution in [0.5, 0.6) is 0 Å². The SMILES string of the molecule is CCOC(C)OC/C=C(/C=C\[S@@](=O)c1ccc(C)cc1)c1c(C2SCCCS2)c2ccccc2n1CCNS(=O)(=O)c1ccc(C)cc1. The Labute approximate surface area is 296 Å². The van der Waals surface area contributed by atoms with E-state index < -0.39 is 20.8 Å². The number of aromatic nitrogens is 1. The molecule has 1 saturated heterocycles. The van der Waals surface area contributed by atoms with Crippen LogP contribution in [-0.2, 0) is 36.8 Å². The van der Waals surface area contributed by atoms with E-state index in [0.717, 1.165) is 56.1 Å². The normalized spacial score (nSPS) is 16.1. The number of fused-ring (bicyclic) bond motifs is 1. The maximum Gasteiger partial charge on any atom is 0.240 e. The first kappa shape index (κ1) is 36.6. The zero-order chi connectivity index (χ0) is 34.1. The van der Waals surface area contributed by atoms with Crippen molar-refractivity contribution in [3.8, 4) is 0 Å². The van der Waals surface area contributed by atoms with Crippen LogP contribution in [0, 0.1) is 13.8 Å². The lowest BCUT2D eigenvalue weighted by atomic mass is 10.1. The third-order valence-electron chi connectivity index (χ3n) is 7.97. The maximum absolute atomic E-state index is 13.5. The van der Waals surface area contributed by atoms with Gasteiger partial charge in [0.05, 0.1) is 32.6 Å². The summed E-state index contributed by atoms with van der Waals surface area (Å²) in [5.41, 5.74) is 6.15. The van der Waals surface area contributed by atoms with E-state index in [-0.39, 0.29) is 28.9 Å². The molecule has 2 heterocycles. The molecule has 48 heavy (non-hydrogen) atoms. The lowest BCUT2D eigenvalue weighted by Gasteiger charge is -2.23. The van der Waals surface area contributed by atoms with E-state index in [2.05, 4.69) is 27.5 Å². The molecule has 0 radical (unpaired) electrons. The van der Waals surface area contributed by atoms with Gasteiger partial charge in [-0.3, -0.25) is 0 Å². The van der Waals surface area contributed by atoms with E-state index in [9.17, 15) is 12.6 Å². The molecular formula is C37H44N2O5S4. The van der Waals surface area contributed by atoms with Crippen molar-refractivity contribution in [3.05, 3.63) is 113 Å². The lowest BCUT2D eigenvalue weighted by molar-refractivity contribution is -0.118. The number of para-hydroxylation sites is 1. The highest BCUT2D eigenvalue weighted by atomic mass is 32.2. The number of benzene rings is 3. The molecule has 0 aliphatic carbocycles. The Kier molecular flexibility index (Phi) is 13.2. The van der Waals surface area contributed by atoms with Gasteiger partial charge in [-0.15, -0.1) is 23.5 Å². The number of thioether (sulfide) groups is 2. The molecule has 3 aromatic carbocycles. The van der Waals surface area contributed by atoms with Gasteiger partial charge in [0, 0.05) is 46.5 Å². The second-order valence-electron chi connectivity index (χ2n) is 11.5. The number of rotatable bonds is 15. The van der Waals surface area contributed by atoms with E-state index >= 15 is 0 Å². The van der Waals surface area contributed by atoms with Crippen molar-refractivity contribution in [2.24, 2.45) is 0 Å². The number of hydrogen-bond acceptors (Lipinski definition) is 7. The third kappa shape index (κ3) is 9.32. The zero-order valence-electron chi connectivity index (χ0n) is 27.9. The largest absolute Gasteiger partial charge is 0.353 e. The standard InChI is InChI=1S/C37H44N2O5S4/c1-5-43-29(4)44-23-19-30(20-26-47(40)31-15-11-27(2)12-16-31)36-35(37-45-24-8-25-46-37)33-9-6-7-10-34(33)39(36)22-21-38-48(41,42)32-17-13-28(3)14-18-32/h6-7,9-20,26,29,37-38H,5,8,21-25H2,1-4H3/b26-20-,30-19-/t29?,47-/m1/s1. The summed E-state index contributed by atoms with van der Waals surface area (Å²) in [6, 6.07) is 22.9. The minimum atomic E-state index is -3.71. The van der Waals surface area contributed by atoms with Crippen molar-refractivity contribution in [2.75, 3.05) is 31.3 Å². The summed E-state index contributed by atoms with van der Waals surface area (Å²) in [7, 11) is -5.08. The molecule has 0 amide bonds. The molecule has 5 rings (SSSR count). The maximum atomic E-state index is 13.5. The smallest absolute Gasteiger partial charge is 0.240 e. The van der Waals surface area contributed by atoms with Gasteiger partial charge < -0.3 is 14.0 Å². The van der Waals surface area contributed by atoms with Crippen molar-refractivity contribution >= 4 is 60.8 Å². The Morgan fingerprint density at radius 2 is 1.67 bits per heavy atom. The van der Waals surface area contributed by atoms with Gasteiger partial charge in [-0.2, -0.15) is 0 Å². The second-order valence-corrected chi connectivity index (χ2v) is 17.3. The van der Waals surface area contributed by atoms with Gasteiger partial charge in [-0.25, -0.2) is 17.3 Å². The van der Waals surface area contributed by atoms with Crippen LogP contribution in [0.3, 0.4) is 0 Å². The van der Waals surface area contributed by atoms with Crippen molar-refractivity contribution in [1.29, 1.82) is 0 Å². The van der Waals surface area contributed by atoms with Crippen LogP contribution in [0.1, 0.15) is 47.2 Å². The molecule has 1 fully saturated rings. The molecule has 256 valence electrons. The first-order valence-electron chi connectivity index (χ1n) is 16.2. The first-order chi connectivity index (χ1) is 23.2. The molecular weight excluding hydrogens is 681 g/mol. The van der Waals surface area contributed by atoms with Gasteiger partial charge in [-0.05, 0) is 93.7 Å². The van der Waals surface area contributed by atoms with Crippen molar-refractivity contribution in [1.82, 2.24) is 9.29 Å². The molecule has 1 aliphatic heterocycles. The lowest BCUT2D eigenvalue weighted by Crippen LogP contribution is -2.28. The third-order valence-corrected chi connectivity index (χ3v) is 13.5. The van der Waals surface area contributed by atoms with Crippen LogP contribution in [0.2, 0.25) is 0 Å². The number of nitrogens with zero attached hydrogens (tertiary/aromatic N) is 1. The fraction of sp³-hybridized carbons (Fsp3) is 0.351. The number of sulfonamides is 1. The topological polar surface area (TPSA) is 86.6 Å². The van der Waals surface area contributed by atoms with E-state index in [1.807, 2.05) is 93.7 Å². The Morgan fingerprint density at radius 3 is 2.35 bits per heavy atom. The van der Waals surface area contributed by atoms with Crippen molar-refractivity contribution in [3.63, 3.8) is 0 Å². The Morgan fingerprint density at radius 1 is 1.00 bits per heavy atom. The number of aryl methyl sites for hydroxylation is 2. The van der Waals surface area contributed by atoms with E-state index in [1.54, 1.807) is 29.7 Å². The van der Waals surface area contributed by atoms with E-state index in [1.165, 1.54) is 5.56 Å². The van der Waals surface area contributed by atoms with Crippen molar-refractivity contribution in [2.45, 2.75) is 61.3 Å². The van der Waals surface area contributed by atoms with Crippen LogP contribution < -0.4 is 4.72 Å². The van der Waals surface area contributed by atoms with E-state index in [4.69, 9.17) is 9.47 Å². The van der Waals surface area contributed by atoms with Gasteiger partial charge in [0.25, 0.3) is 0 Å². The van der Waals surface area contributed by atoms with E-state index in [0.29, 0.717) is 13.2 Å². The summed E-state index contributed by atoms with van der Waals surface area (Å²) in [5, 5.41) is 2.86. The first-order valence-corrected chi connectivity index (χ1v) is 21.0.